The first-order valence-electron chi connectivity index (χ1n) is 9.67. The number of carbonyl (C=O) groups excluding carboxylic acids is 2. The van der Waals surface area contributed by atoms with Gasteiger partial charge in [-0.2, -0.15) is 0 Å². The molecule has 3 aliphatic rings. The van der Waals surface area contributed by atoms with E-state index in [1.54, 1.807) is 0 Å². The quantitative estimate of drug-likeness (QED) is 0.785. The smallest absolute Gasteiger partial charge is 0.414 e. The maximum absolute atomic E-state index is 14.8. The molecule has 1 aromatic rings. The fourth-order valence-corrected chi connectivity index (χ4v) is 3.98. The minimum atomic E-state index is -1.56. The summed E-state index contributed by atoms with van der Waals surface area (Å²) in [5.74, 6) is -3.46. The molecule has 4 rings (SSSR count). The number of hydrogen-bond donors (Lipinski definition) is 1. The molecule has 3 heterocycles. The average molecular weight is 429 g/mol. The van der Waals surface area contributed by atoms with Gasteiger partial charge in [-0.3, -0.25) is 9.69 Å². The van der Waals surface area contributed by atoms with E-state index >= 15 is 0 Å². The van der Waals surface area contributed by atoms with E-state index in [9.17, 15) is 22.8 Å². The molecule has 30 heavy (non-hydrogen) atoms. The standard InChI is InChI=1S/C19H22F3N3O5/c1-11(26)23-8-13-9-25(18(27)30-13)12-6-14(20)17(15(21)7-12)24-3-2-19(16(22)10-24)28-4-5-29-19/h6-7,13,16H,2-5,8-10H2,1H3,(H,23,26)/t13-,16-/m0/s1. The predicted octanol–water partition coefficient (Wildman–Crippen LogP) is 1.72. The number of ether oxygens (including phenoxy) is 3. The number of cyclic esters (lactones) is 1. The van der Waals surface area contributed by atoms with Crippen LogP contribution in [0.2, 0.25) is 0 Å². The molecule has 3 fully saturated rings. The second-order valence-corrected chi connectivity index (χ2v) is 7.48. The van der Waals surface area contributed by atoms with Crippen molar-refractivity contribution >= 4 is 23.4 Å². The zero-order chi connectivity index (χ0) is 21.5. The summed E-state index contributed by atoms with van der Waals surface area (Å²) in [5, 5.41) is 2.53. The number of rotatable bonds is 4. The molecule has 0 aliphatic carbocycles. The predicted molar refractivity (Wildman–Crippen MR) is 99.0 cm³/mol. The van der Waals surface area contributed by atoms with E-state index in [0.29, 0.717) is 0 Å². The normalized spacial score (nSPS) is 25.7. The summed E-state index contributed by atoms with van der Waals surface area (Å²) < 4.78 is 60.2. The molecule has 8 nitrogen and oxygen atoms in total. The minimum absolute atomic E-state index is 0.0168. The van der Waals surface area contributed by atoms with E-state index in [-0.39, 0.29) is 63.1 Å². The molecule has 164 valence electrons. The molecule has 0 aromatic heterocycles. The van der Waals surface area contributed by atoms with Gasteiger partial charge in [0, 0.05) is 32.0 Å². The van der Waals surface area contributed by atoms with Crippen LogP contribution in [0.4, 0.5) is 29.3 Å². The highest BCUT2D eigenvalue weighted by Crippen LogP contribution is 2.38. The van der Waals surface area contributed by atoms with E-state index in [4.69, 9.17) is 14.2 Å². The van der Waals surface area contributed by atoms with Crippen LogP contribution in [0.15, 0.2) is 12.1 Å². The number of nitrogens with one attached hydrogen (secondary N) is 1. The van der Waals surface area contributed by atoms with Gasteiger partial charge in [-0.1, -0.05) is 0 Å². The molecular weight excluding hydrogens is 407 g/mol. The highest BCUT2D eigenvalue weighted by molar-refractivity contribution is 5.90. The minimum Gasteiger partial charge on any atom is -0.442 e. The van der Waals surface area contributed by atoms with Crippen LogP contribution in [-0.2, 0) is 19.0 Å². The first kappa shape index (κ1) is 20.7. The highest BCUT2D eigenvalue weighted by atomic mass is 19.1. The summed E-state index contributed by atoms with van der Waals surface area (Å²) >= 11 is 0. The molecule has 11 heteroatoms. The van der Waals surface area contributed by atoms with Gasteiger partial charge in [0.05, 0.1) is 38.5 Å². The van der Waals surface area contributed by atoms with Crippen molar-refractivity contribution in [2.45, 2.75) is 31.4 Å². The number of benzene rings is 1. The third kappa shape index (κ3) is 3.79. The zero-order valence-corrected chi connectivity index (χ0v) is 16.3. The van der Waals surface area contributed by atoms with Gasteiger partial charge in [0.15, 0.2) is 17.8 Å². The molecule has 0 bridgehead atoms. The van der Waals surface area contributed by atoms with E-state index in [1.807, 2.05) is 0 Å². The maximum Gasteiger partial charge on any atom is 0.414 e. The summed E-state index contributed by atoms with van der Waals surface area (Å²) in [6.07, 6.45) is -2.83. The van der Waals surface area contributed by atoms with Crippen molar-refractivity contribution in [1.29, 1.82) is 0 Å². The van der Waals surface area contributed by atoms with Gasteiger partial charge >= 0.3 is 6.09 Å². The van der Waals surface area contributed by atoms with Crippen molar-refractivity contribution in [2.75, 3.05) is 49.2 Å². The van der Waals surface area contributed by atoms with Crippen molar-refractivity contribution in [3.63, 3.8) is 0 Å². The molecule has 1 N–H and O–H groups in total. The summed E-state index contributed by atoms with van der Waals surface area (Å²) in [6, 6.07) is 2.03. The first-order valence-corrected chi connectivity index (χ1v) is 9.67. The molecule has 0 radical (unpaired) electrons. The Balaban J connectivity index is 1.49. The number of hydrogen-bond acceptors (Lipinski definition) is 6. The largest absolute Gasteiger partial charge is 0.442 e. The van der Waals surface area contributed by atoms with Crippen LogP contribution in [-0.4, -0.2) is 69.5 Å². The number of anilines is 2. The zero-order valence-electron chi connectivity index (χ0n) is 16.3. The number of piperidine rings is 1. The van der Waals surface area contributed by atoms with Gasteiger partial charge in [-0.15, -0.1) is 0 Å². The van der Waals surface area contributed by atoms with Crippen LogP contribution >= 0.6 is 0 Å². The molecule has 1 aromatic carbocycles. The summed E-state index contributed by atoms with van der Waals surface area (Å²) in [6.45, 7) is 1.89. The van der Waals surface area contributed by atoms with Gasteiger partial charge in [-0.05, 0) is 0 Å². The Morgan fingerprint density at radius 2 is 1.90 bits per heavy atom. The lowest BCUT2D eigenvalue weighted by atomic mass is 10.0. The lowest BCUT2D eigenvalue weighted by molar-refractivity contribution is -0.207. The summed E-state index contributed by atoms with van der Waals surface area (Å²) in [4.78, 5) is 25.5. The van der Waals surface area contributed by atoms with Crippen LogP contribution in [0.3, 0.4) is 0 Å². The van der Waals surface area contributed by atoms with Crippen molar-refractivity contribution < 1.29 is 37.0 Å². The Morgan fingerprint density at radius 1 is 1.23 bits per heavy atom. The Kier molecular flexibility index (Phi) is 5.49. The lowest BCUT2D eigenvalue weighted by Crippen LogP contribution is -2.54. The molecule has 3 aliphatic heterocycles. The Hall–Kier alpha value is -2.53. The summed E-state index contributed by atoms with van der Waals surface area (Å²) in [5.41, 5.74) is -0.381. The van der Waals surface area contributed by atoms with E-state index < -0.39 is 35.8 Å². The second-order valence-electron chi connectivity index (χ2n) is 7.48. The van der Waals surface area contributed by atoms with Crippen molar-refractivity contribution in [3.8, 4) is 0 Å². The fourth-order valence-electron chi connectivity index (χ4n) is 3.98. The number of amides is 2. The van der Waals surface area contributed by atoms with Gasteiger partial charge in [0.2, 0.25) is 11.7 Å². The van der Waals surface area contributed by atoms with Gasteiger partial charge in [0.25, 0.3) is 0 Å². The molecule has 1 spiro atoms. The molecule has 0 saturated carbocycles. The van der Waals surface area contributed by atoms with Crippen molar-refractivity contribution in [3.05, 3.63) is 23.8 Å². The van der Waals surface area contributed by atoms with Crippen molar-refractivity contribution in [2.24, 2.45) is 0 Å². The molecule has 2 atom stereocenters. The molecule has 2 amide bonds. The van der Waals surface area contributed by atoms with Crippen LogP contribution < -0.4 is 15.1 Å². The molecule has 0 unspecified atom stereocenters. The fraction of sp³-hybridized carbons (Fsp3) is 0.579. The molecular formula is C19H22F3N3O5. The second kappa shape index (κ2) is 7.95. The summed E-state index contributed by atoms with van der Waals surface area (Å²) in [7, 11) is 0. The third-order valence-corrected chi connectivity index (χ3v) is 5.45. The third-order valence-electron chi connectivity index (χ3n) is 5.45. The highest BCUT2D eigenvalue weighted by Gasteiger charge is 2.49. The average Bonchev–Trinajstić information content (AvgIpc) is 3.30. The number of nitrogens with zero attached hydrogens (tertiary/aromatic N) is 2. The van der Waals surface area contributed by atoms with Crippen LogP contribution in [0, 0.1) is 11.6 Å². The number of carbonyl (C=O) groups is 2. The van der Waals surface area contributed by atoms with Gasteiger partial charge in [-0.25, -0.2) is 18.0 Å². The van der Waals surface area contributed by atoms with Crippen LogP contribution in [0.25, 0.3) is 0 Å². The van der Waals surface area contributed by atoms with E-state index in [2.05, 4.69) is 5.32 Å². The Bertz CT molecular complexity index is 826. The Morgan fingerprint density at radius 3 is 2.50 bits per heavy atom. The SMILES string of the molecule is CC(=O)NC[C@H]1CN(c2cc(F)c(N3CCC4(OCCO4)[C@@H](F)C3)c(F)c2)C(=O)O1. The monoisotopic (exact) mass is 429 g/mol. The van der Waals surface area contributed by atoms with Crippen LogP contribution in [0.1, 0.15) is 13.3 Å². The lowest BCUT2D eigenvalue weighted by Gasteiger charge is -2.41. The van der Waals surface area contributed by atoms with Gasteiger partial charge < -0.3 is 24.4 Å². The first-order chi connectivity index (χ1) is 14.3. The van der Waals surface area contributed by atoms with E-state index in [1.165, 1.54) is 11.8 Å². The van der Waals surface area contributed by atoms with Crippen LogP contribution in [0.5, 0.6) is 0 Å². The Labute approximate surface area is 170 Å². The van der Waals surface area contributed by atoms with Crippen molar-refractivity contribution in [1.82, 2.24) is 5.32 Å². The molecule has 3 saturated heterocycles. The van der Waals surface area contributed by atoms with Gasteiger partial charge in [0.1, 0.15) is 11.8 Å². The number of alkyl halides is 1. The van der Waals surface area contributed by atoms with E-state index in [0.717, 1.165) is 17.0 Å². The topological polar surface area (TPSA) is 80.3 Å². The maximum atomic E-state index is 14.8. The number of halogens is 3.